The van der Waals surface area contributed by atoms with Gasteiger partial charge in [0.1, 0.15) is 23.1 Å². The number of nitrogens with zero attached hydrogens (tertiary/aromatic N) is 5. The largest absolute Gasteiger partial charge is 0.468 e. The topological polar surface area (TPSA) is 195 Å². The maximum atomic E-state index is 14.6. The van der Waals surface area contributed by atoms with Gasteiger partial charge in [-0.1, -0.05) is 45.0 Å². The number of likely N-dealkylation sites (tertiary alicyclic amines) is 1. The number of fused-ring (bicyclic) bond motifs is 3. The first kappa shape index (κ1) is 47.6. The minimum Gasteiger partial charge on any atom is -0.468 e. The van der Waals surface area contributed by atoms with Crippen LogP contribution in [0.2, 0.25) is 0 Å². The predicted molar refractivity (Wildman–Crippen MR) is 273 cm³/mol. The van der Waals surface area contributed by atoms with E-state index in [1.165, 1.54) is 48.9 Å². The van der Waals surface area contributed by atoms with E-state index in [0.29, 0.717) is 67.6 Å². The smallest absolute Gasteiger partial charge is 0.293 e. The van der Waals surface area contributed by atoms with Gasteiger partial charge in [0.15, 0.2) is 0 Å². The van der Waals surface area contributed by atoms with Crippen molar-refractivity contribution in [1.82, 2.24) is 19.6 Å². The molecule has 4 aliphatic heterocycles. The first-order valence-electron chi connectivity index (χ1n) is 25.5. The Bertz CT molecular complexity index is 2960. The van der Waals surface area contributed by atoms with Crippen molar-refractivity contribution in [2.45, 2.75) is 132 Å². The van der Waals surface area contributed by atoms with Gasteiger partial charge >= 0.3 is 0 Å². The van der Waals surface area contributed by atoms with Crippen molar-refractivity contribution in [2.75, 3.05) is 54.5 Å². The number of nitro benzene ring substituents is 1. The number of aromatic nitrogens is 2. The Labute approximate surface area is 415 Å². The van der Waals surface area contributed by atoms with Crippen molar-refractivity contribution in [3.8, 4) is 5.88 Å². The predicted octanol–water partition coefficient (Wildman–Crippen LogP) is 9.12. The third-order valence-corrected chi connectivity index (χ3v) is 18.0. The van der Waals surface area contributed by atoms with E-state index >= 15 is 0 Å². The molecule has 1 amide bonds. The van der Waals surface area contributed by atoms with Crippen molar-refractivity contribution < 1.29 is 32.7 Å². The highest BCUT2D eigenvalue weighted by Crippen LogP contribution is 2.55. The van der Waals surface area contributed by atoms with Gasteiger partial charge in [0.25, 0.3) is 21.6 Å². The van der Waals surface area contributed by atoms with Crippen LogP contribution in [0.1, 0.15) is 119 Å². The van der Waals surface area contributed by atoms with E-state index in [0.717, 1.165) is 62.5 Å². The molecule has 6 heterocycles. The van der Waals surface area contributed by atoms with E-state index in [2.05, 4.69) is 69.9 Å². The number of rotatable bonds is 11. The summed E-state index contributed by atoms with van der Waals surface area (Å²) >= 11 is 0. The number of H-pyrrole nitrogens is 1. The summed E-state index contributed by atoms with van der Waals surface area (Å²) in [5.41, 5.74) is 5.11. The molecule has 1 spiro atoms. The van der Waals surface area contributed by atoms with Gasteiger partial charge in [0.2, 0.25) is 5.88 Å². The van der Waals surface area contributed by atoms with E-state index in [9.17, 15) is 28.4 Å². The van der Waals surface area contributed by atoms with Crippen molar-refractivity contribution >= 4 is 55.4 Å². The molecule has 71 heavy (non-hydrogen) atoms. The van der Waals surface area contributed by atoms with Crippen LogP contribution >= 0.6 is 0 Å². The third kappa shape index (κ3) is 9.12. The van der Waals surface area contributed by atoms with Crippen LogP contribution in [0.25, 0.3) is 11.0 Å². The van der Waals surface area contributed by atoms with Gasteiger partial charge in [0.05, 0.1) is 45.9 Å². The number of aromatic amines is 1. The van der Waals surface area contributed by atoms with Gasteiger partial charge in [-0.05, 0) is 148 Å². The molecule has 3 aromatic carbocycles. The summed E-state index contributed by atoms with van der Waals surface area (Å²) in [6.07, 6.45) is 11.1. The number of carbonyl (C=O) groups excluding carboxylic acids is 1. The molecule has 0 unspecified atom stereocenters. The van der Waals surface area contributed by atoms with E-state index < -0.39 is 43.1 Å². The highest BCUT2D eigenvalue weighted by Gasteiger charge is 2.50. The minimum absolute atomic E-state index is 0.0821. The van der Waals surface area contributed by atoms with Crippen LogP contribution < -0.4 is 24.6 Å². The molecule has 11 rings (SSSR count). The lowest BCUT2D eigenvalue weighted by atomic mass is 9.59. The van der Waals surface area contributed by atoms with Crippen LogP contribution in [0.5, 0.6) is 5.88 Å². The van der Waals surface area contributed by atoms with Crippen LogP contribution in [0, 0.1) is 21.4 Å². The summed E-state index contributed by atoms with van der Waals surface area (Å²) in [7, 11) is -4.61. The average Bonchev–Trinajstić information content (AvgIpc) is 4.13. The molecule has 2 saturated carbocycles. The Kier molecular flexibility index (Phi) is 12.1. The Morgan fingerprint density at radius 2 is 1.73 bits per heavy atom. The van der Waals surface area contributed by atoms with Crippen molar-refractivity contribution in [3.63, 3.8) is 0 Å². The van der Waals surface area contributed by atoms with Crippen molar-refractivity contribution in [1.29, 1.82) is 0 Å². The minimum atomic E-state index is -4.61. The molecule has 376 valence electrons. The van der Waals surface area contributed by atoms with Crippen LogP contribution in [0.3, 0.4) is 0 Å². The standard InChI is InChI=1S/C54H66N8O8S/c1-52(2,3)41-9-6-5-8-39(41)43-10-7-23-60(43)37-29-54(30-37)20-24-59(25-21-54)36-11-13-40(44(27-36)61-46-26-35-17-22-55-49(35)57-51(46)70-48-33-69-32-47(48)61)50(63)58-71(67,68)38-12-14-42(45(28-38)62(65)66)56-31-34-15-18-53(4,64)19-16-34/h5-6,8-9,11-14,17,22,26-28,34,37,43,47-48,56,64H,7,10,15-16,18-21,23-25,29-33H2,1-4H3,(H,55,57)(H,58,63)/t34?,43-,47-,48-,53?/m0/s1. The fraction of sp³-hybridized carbons (Fsp3) is 0.519. The number of hydrogen-bond acceptors (Lipinski definition) is 13. The molecule has 4 N–H and O–H groups in total. The number of carbonyl (C=O) groups is 1. The molecule has 3 atom stereocenters. The van der Waals surface area contributed by atoms with E-state index in [4.69, 9.17) is 14.5 Å². The maximum Gasteiger partial charge on any atom is 0.293 e. The molecule has 0 radical (unpaired) electrons. The van der Waals surface area contributed by atoms with Gasteiger partial charge in [-0.3, -0.25) is 19.8 Å². The van der Waals surface area contributed by atoms with E-state index in [1.807, 2.05) is 36.1 Å². The zero-order valence-electron chi connectivity index (χ0n) is 41.2. The highest BCUT2D eigenvalue weighted by atomic mass is 32.2. The molecule has 16 nitrogen and oxygen atoms in total. The van der Waals surface area contributed by atoms with E-state index in [1.54, 1.807) is 12.3 Å². The van der Waals surface area contributed by atoms with Crippen LogP contribution in [-0.4, -0.2) is 102 Å². The van der Waals surface area contributed by atoms with Gasteiger partial charge in [0, 0.05) is 55.1 Å². The number of nitro groups is 1. The van der Waals surface area contributed by atoms with Crippen LogP contribution in [-0.2, 0) is 20.2 Å². The molecule has 0 bridgehead atoms. The molecule has 5 fully saturated rings. The molecular weight excluding hydrogens is 921 g/mol. The van der Waals surface area contributed by atoms with E-state index in [-0.39, 0.29) is 34.0 Å². The van der Waals surface area contributed by atoms with Gasteiger partial charge in [-0.2, -0.15) is 4.98 Å². The van der Waals surface area contributed by atoms with Crippen LogP contribution in [0.15, 0.2) is 83.9 Å². The van der Waals surface area contributed by atoms with Gasteiger partial charge in [-0.25, -0.2) is 13.1 Å². The zero-order valence-corrected chi connectivity index (χ0v) is 42.0. The number of benzene rings is 3. The second-order valence-electron chi connectivity index (χ2n) is 22.5. The number of amides is 1. The maximum absolute atomic E-state index is 14.6. The van der Waals surface area contributed by atoms with Crippen molar-refractivity contribution in [3.05, 3.63) is 106 Å². The number of sulfonamides is 1. The molecule has 6 aliphatic rings. The number of nitrogens with one attached hydrogen (secondary N) is 3. The number of piperidine rings is 1. The Morgan fingerprint density at radius 1 is 0.958 bits per heavy atom. The number of hydrogen-bond donors (Lipinski definition) is 4. The number of anilines is 4. The summed E-state index contributed by atoms with van der Waals surface area (Å²) in [6, 6.07) is 22.8. The van der Waals surface area contributed by atoms with Crippen LogP contribution in [0.4, 0.5) is 28.4 Å². The molecule has 5 aromatic rings. The fourth-order valence-corrected chi connectivity index (χ4v) is 13.6. The number of aliphatic hydroxyl groups is 1. The lowest BCUT2D eigenvalue weighted by molar-refractivity contribution is -0.384. The zero-order chi connectivity index (χ0) is 49.5. The first-order valence-corrected chi connectivity index (χ1v) is 27.0. The molecule has 3 saturated heterocycles. The molecule has 17 heteroatoms. The third-order valence-electron chi connectivity index (χ3n) is 16.7. The Morgan fingerprint density at radius 3 is 2.49 bits per heavy atom. The lowest BCUT2D eigenvalue weighted by Gasteiger charge is -2.56. The van der Waals surface area contributed by atoms with Crippen molar-refractivity contribution in [2.24, 2.45) is 11.3 Å². The number of ether oxygens (including phenoxy) is 2. The molecular formula is C54H66N8O8S. The second-order valence-corrected chi connectivity index (χ2v) is 24.2. The SMILES string of the molecule is CC1(O)CCC(CNc2ccc(S(=O)(=O)NC(=O)c3ccc(N4CCC5(CC4)CC(N4CCC[C@H]4c4ccccc4C(C)(C)C)C5)cc3N3c4cc5cc[nH]c5nc4O[C@H]4COC[C@@H]43)cc2[N+](=O)[O-])CC1. The normalized spacial score (nSPS) is 25.6. The quantitative estimate of drug-likeness (QED) is 0.0724. The summed E-state index contributed by atoms with van der Waals surface area (Å²) in [5.74, 6) is -0.313. The Hall–Kier alpha value is -5.75. The molecule has 2 aliphatic carbocycles. The summed E-state index contributed by atoms with van der Waals surface area (Å²) in [4.78, 5) is 41.1. The summed E-state index contributed by atoms with van der Waals surface area (Å²) in [5, 5.41) is 26.7. The summed E-state index contributed by atoms with van der Waals surface area (Å²) < 4.78 is 43.0. The first-order chi connectivity index (χ1) is 33.9. The fourth-order valence-electron chi connectivity index (χ4n) is 12.7. The Balaban J connectivity index is 0.854. The highest BCUT2D eigenvalue weighted by molar-refractivity contribution is 7.90. The monoisotopic (exact) mass is 986 g/mol. The average molecular weight is 987 g/mol. The van der Waals surface area contributed by atoms with Gasteiger partial charge in [-0.15, -0.1) is 0 Å². The lowest BCUT2D eigenvalue weighted by Crippen LogP contribution is -2.55. The summed E-state index contributed by atoms with van der Waals surface area (Å²) in [6.45, 7) is 12.6. The van der Waals surface area contributed by atoms with Gasteiger partial charge < -0.3 is 34.7 Å². The number of pyridine rings is 1. The molecule has 2 aromatic heterocycles. The second kappa shape index (κ2) is 18.1.